The maximum absolute atomic E-state index is 5.56. The van der Waals surface area contributed by atoms with E-state index < -0.39 is 0 Å². The van der Waals surface area contributed by atoms with Crippen molar-refractivity contribution in [2.24, 2.45) is 11.7 Å². The van der Waals surface area contributed by atoms with Crippen LogP contribution in [0, 0.1) is 5.92 Å². The van der Waals surface area contributed by atoms with E-state index in [2.05, 4.69) is 29.1 Å². The van der Waals surface area contributed by atoms with Gasteiger partial charge >= 0.3 is 0 Å². The van der Waals surface area contributed by atoms with E-state index in [4.69, 9.17) is 10.5 Å². The van der Waals surface area contributed by atoms with E-state index in [-0.39, 0.29) is 0 Å². The molecule has 18 heavy (non-hydrogen) atoms. The molecule has 1 aliphatic heterocycles. The molecule has 0 aliphatic carbocycles. The lowest BCUT2D eigenvalue weighted by molar-refractivity contribution is 0.0410. The van der Waals surface area contributed by atoms with Crippen LogP contribution < -0.4 is 5.73 Å². The normalized spacial score (nSPS) is 20.3. The van der Waals surface area contributed by atoms with Crippen molar-refractivity contribution < 1.29 is 4.74 Å². The Morgan fingerprint density at radius 1 is 1.50 bits per heavy atom. The Labute approximate surface area is 109 Å². The van der Waals surface area contributed by atoms with E-state index in [1.807, 2.05) is 6.20 Å². The van der Waals surface area contributed by atoms with Crippen molar-refractivity contribution in [3.63, 3.8) is 0 Å². The van der Waals surface area contributed by atoms with Crippen molar-refractivity contribution in [1.29, 1.82) is 0 Å². The molecule has 100 valence electrons. The van der Waals surface area contributed by atoms with Crippen LogP contribution in [0.3, 0.4) is 0 Å². The largest absolute Gasteiger partial charge is 0.381 e. The lowest BCUT2D eigenvalue weighted by Crippen LogP contribution is -2.30. The molecule has 2 N–H and O–H groups in total. The highest BCUT2D eigenvalue weighted by atomic mass is 16.5. The molecule has 0 bridgehead atoms. The third-order valence-corrected chi connectivity index (χ3v) is 3.38. The summed E-state index contributed by atoms with van der Waals surface area (Å²) in [7, 11) is 2.15. The molecule has 0 amide bonds. The molecule has 4 nitrogen and oxygen atoms in total. The number of aromatic nitrogens is 1. The fraction of sp³-hybridized carbons (Fsp3) is 0.643. The SMILES string of the molecule is CN(Cc1ccc(CN)cn1)CC1CCCOC1. The molecule has 1 atom stereocenters. The first-order chi connectivity index (χ1) is 8.78. The average molecular weight is 249 g/mol. The topological polar surface area (TPSA) is 51.4 Å². The van der Waals surface area contributed by atoms with E-state index in [1.165, 1.54) is 12.8 Å². The van der Waals surface area contributed by atoms with Gasteiger partial charge in [0.15, 0.2) is 0 Å². The fourth-order valence-electron chi connectivity index (χ4n) is 2.40. The summed E-state index contributed by atoms with van der Waals surface area (Å²) < 4.78 is 5.51. The number of ether oxygens (including phenoxy) is 1. The maximum atomic E-state index is 5.56. The zero-order chi connectivity index (χ0) is 12.8. The molecule has 0 spiro atoms. The average Bonchev–Trinajstić information content (AvgIpc) is 2.40. The van der Waals surface area contributed by atoms with Crippen LogP contribution in [0.25, 0.3) is 0 Å². The molecular weight excluding hydrogens is 226 g/mol. The fourth-order valence-corrected chi connectivity index (χ4v) is 2.40. The molecule has 1 aromatic rings. The predicted molar refractivity (Wildman–Crippen MR) is 72.0 cm³/mol. The van der Waals surface area contributed by atoms with Gasteiger partial charge in [-0.2, -0.15) is 0 Å². The minimum Gasteiger partial charge on any atom is -0.381 e. The second-order valence-electron chi connectivity index (χ2n) is 5.14. The van der Waals surface area contributed by atoms with Gasteiger partial charge in [-0.05, 0) is 37.4 Å². The predicted octanol–water partition coefficient (Wildman–Crippen LogP) is 1.40. The standard InChI is InChI=1S/C14H23N3O/c1-17(9-13-3-2-6-18-11-13)10-14-5-4-12(7-15)8-16-14/h4-5,8,13H,2-3,6-7,9-11,15H2,1H3. The Hall–Kier alpha value is -0.970. The first kappa shape index (κ1) is 13.5. The molecule has 0 radical (unpaired) electrons. The lowest BCUT2D eigenvalue weighted by Gasteiger charge is -2.26. The molecule has 0 saturated carbocycles. The van der Waals surface area contributed by atoms with Gasteiger partial charge in [-0.1, -0.05) is 6.07 Å². The third kappa shape index (κ3) is 4.05. The van der Waals surface area contributed by atoms with Crippen molar-refractivity contribution >= 4 is 0 Å². The van der Waals surface area contributed by atoms with Gasteiger partial charge in [-0.25, -0.2) is 0 Å². The summed E-state index contributed by atoms with van der Waals surface area (Å²) in [5.41, 5.74) is 7.75. The number of pyridine rings is 1. The summed E-state index contributed by atoms with van der Waals surface area (Å²) in [6, 6.07) is 4.12. The van der Waals surface area contributed by atoms with Crippen molar-refractivity contribution in [1.82, 2.24) is 9.88 Å². The van der Waals surface area contributed by atoms with E-state index in [1.54, 1.807) is 0 Å². The van der Waals surface area contributed by atoms with Gasteiger partial charge in [-0.3, -0.25) is 4.98 Å². The molecule has 4 heteroatoms. The Morgan fingerprint density at radius 3 is 3.00 bits per heavy atom. The van der Waals surface area contributed by atoms with Crippen LogP contribution in [0.2, 0.25) is 0 Å². The first-order valence-corrected chi connectivity index (χ1v) is 6.68. The zero-order valence-electron chi connectivity index (χ0n) is 11.1. The molecule has 1 aromatic heterocycles. The third-order valence-electron chi connectivity index (χ3n) is 3.38. The summed E-state index contributed by atoms with van der Waals surface area (Å²) >= 11 is 0. The Kier molecular flexibility index (Phi) is 5.11. The van der Waals surface area contributed by atoms with E-state index in [9.17, 15) is 0 Å². The van der Waals surface area contributed by atoms with Crippen molar-refractivity contribution in [3.05, 3.63) is 29.6 Å². The van der Waals surface area contributed by atoms with Crippen molar-refractivity contribution in [2.45, 2.75) is 25.9 Å². The molecule has 1 unspecified atom stereocenters. The molecule has 2 heterocycles. The van der Waals surface area contributed by atoms with E-state index >= 15 is 0 Å². The van der Waals surface area contributed by atoms with Crippen LogP contribution in [0.4, 0.5) is 0 Å². The van der Waals surface area contributed by atoms with Crippen LogP contribution in [0.15, 0.2) is 18.3 Å². The molecular formula is C14H23N3O. The maximum Gasteiger partial charge on any atom is 0.0544 e. The van der Waals surface area contributed by atoms with Crippen LogP contribution in [0.1, 0.15) is 24.1 Å². The smallest absolute Gasteiger partial charge is 0.0544 e. The number of rotatable bonds is 5. The molecule has 1 aliphatic rings. The Morgan fingerprint density at radius 2 is 2.39 bits per heavy atom. The minimum absolute atomic E-state index is 0.558. The van der Waals surface area contributed by atoms with Gasteiger partial charge in [-0.15, -0.1) is 0 Å². The molecule has 2 rings (SSSR count). The monoisotopic (exact) mass is 249 g/mol. The van der Waals surface area contributed by atoms with Crippen LogP contribution in [-0.2, 0) is 17.8 Å². The van der Waals surface area contributed by atoms with E-state index in [0.717, 1.165) is 37.6 Å². The summed E-state index contributed by atoms with van der Waals surface area (Å²) in [6.07, 6.45) is 4.35. The second kappa shape index (κ2) is 6.83. The summed E-state index contributed by atoms with van der Waals surface area (Å²) in [5.74, 6) is 0.673. The number of hydrogen-bond donors (Lipinski definition) is 1. The first-order valence-electron chi connectivity index (χ1n) is 6.68. The van der Waals surface area contributed by atoms with Crippen LogP contribution in [0.5, 0.6) is 0 Å². The quantitative estimate of drug-likeness (QED) is 0.857. The Balaban J connectivity index is 1.80. The van der Waals surface area contributed by atoms with Gasteiger partial charge in [0.2, 0.25) is 0 Å². The van der Waals surface area contributed by atoms with Gasteiger partial charge in [0.25, 0.3) is 0 Å². The molecule has 1 fully saturated rings. The molecule has 0 aromatic carbocycles. The minimum atomic E-state index is 0.558. The highest BCUT2D eigenvalue weighted by molar-refractivity contribution is 5.13. The number of nitrogens with two attached hydrogens (primary N) is 1. The van der Waals surface area contributed by atoms with Gasteiger partial charge < -0.3 is 15.4 Å². The van der Waals surface area contributed by atoms with Crippen molar-refractivity contribution in [2.75, 3.05) is 26.8 Å². The highest BCUT2D eigenvalue weighted by Gasteiger charge is 2.16. The summed E-state index contributed by atoms with van der Waals surface area (Å²) in [5, 5.41) is 0. The van der Waals surface area contributed by atoms with Crippen LogP contribution >= 0.6 is 0 Å². The van der Waals surface area contributed by atoms with Crippen molar-refractivity contribution in [3.8, 4) is 0 Å². The Bertz CT molecular complexity index is 347. The van der Waals surface area contributed by atoms with Gasteiger partial charge in [0, 0.05) is 32.4 Å². The zero-order valence-corrected chi connectivity index (χ0v) is 11.1. The van der Waals surface area contributed by atoms with Crippen LogP contribution in [-0.4, -0.2) is 36.7 Å². The van der Waals surface area contributed by atoms with Gasteiger partial charge in [0.05, 0.1) is 12.3 Å². The lowest BCUT2D eigenvalue weighted by atomic mass is 10.0. The summed E-state index contributed by atoms with van der Waals surface area (Å²) in [4.78, 5) is 6.75. The number of hydrogen-bond acceptors (Lipinski definition) is 4. The summed E-state index contributed by atoms with van der Waals surface area (Å²) in [6.45, 7) is 4.37. The molecule has 1 saturated heterocycles. The van der Waals surface area contributed by atoms with Gasteiger partial charge in [0.1, 0.15) is 0 Å². The van der Waals surface area contributed by atoms with E-state index in [0.29, 0.717) is 12.5 Å². The number of nitrogens with zero attached hydrogens (tertiary/aromatic N) is 2. The second-order valence-corrected chi connectivity index (χ2v) is 5.14. The highest BCUT2D eigenvalue weighted by Crippen LogP contribution is 2.15.